The summed E-state index contributed by atoms with van der Waals surface area (Å²) in [5.74, 6) is -3.98. The van der Waals surface area contributed by atoms with Gasteiger partial charge in [0.05, 0.1) is 36.4 Å². The summed E-state index contributed by atoms with van der Waals surface area (Å²) < 4.78 is 17.8. The molecule has 0 radical (unpaired) electrons. The van der Waals surface area contributed by atoms with Crippen LogP contribution >= 0.6 is 0 Å². The van der Waals surface area contributed by atoms with E-state index < -0.39 is 89.9 Å². The molecule has 6 aliphatic rings. The molecule has 0 saturated carbocycles. The number of hydrogen-bond donors (Lipinski definition) is 8. The number of nitrogens with zero attached hydrogens (tertiary/aromatic N) is 6. The average Bonchev–Trinajstić information content (AvgIpc) is 4.29. The second-order valence-corrected chi connectivity index (χ2v) is 21.1. The minimum Gasteiger partial charge on any atom is -0.508 e. The van der Waals surface area contributed by atoms with Crippen LogP contribution in [0.3, 0.4) is 0 Å². The van der Waals surface area contributed by atoms with Crippen LogP contribution in [0.2, 0.25) is 0 Å². The highest BCUT2D eigenvalue weighted by atomic mass is 16.5. The molecule has 0 spiro atoms. The number of likely N-dealkylation sites (tertiary alicyclic amines) is 4. The van der Waals surface area contributed by atoms with Crippen LogP contribution in [0, 0.1) is 11.8 Å². The number of primary amides is 1. The van der Waals surface area contributed by atoms with Gasteiger partial charge < -0.3 is 77.7 Å². The van der Waals surface area contributed by atoms with Crippen LogP contribution in [0.15, 0.2) is 79.9 Å². The number of nitrogens with two attached hydrogens (primary N) is 5. The predicted octanol–water partition coefficient (Wildman–Crippen LogP) is 0.346. The number of aromatic hydroxyl groups is 1. The maximum Gasteiger partial charge on any atom is 0.336 e. The number of hydrogen-bond acceptors (Lipinski definition) is 14. The molecule has 79 heavy (non-hydrogen) atoms. The lowest BCUT2D eigenvalue weighted by Crippen LogP contribution is -2.57. The average molecular weight is 1100 g/mol. The molecule has 4 fully saturated rings. The fourth-order valence-corrected chi connectivity index (χ4v) is 10.6. The highest BCUT2D eigenvalue weighted by Crippen LogP contribution is 2.42. The van der Waals surface area contributed by atoms with Gasteiger partial charge in [0.15, 0.2) is 17.3 Å². The van der Waals surface area contributed by atoms with E-state index in [0.29, 0.717) is 46.6 Å². The molecule has 8 atom stereocenters. The molecule has 25 nitrogen and oxygen atoms in total. The lowest BCUT2D eigenvalue weighted by Gasteiger charge is -2.35. The molecule has 25 heteroatoms. The van der Waals surface area contributed by atoms with Crippen LogP contribution in [0.1, 0.15) is 70.7 Å². The third-order valence-electron chi connectivity index (χ3n) is 14.0. The van der Waals surface area contributed by atoms with E-state index in [-0.39, 0.29) is 98.9 Å². The standard InChI is InChI=1S/C34H58N12O8.C20H12O5/c1-17(2)15-53-22-8-24(29(35)49)46(14-22)31(51)26-7-21(42-34(38)39)11-44(26)30(50)25-6-20(41-33(36)37)12-45(25)32(52)27-9-23(54-16-18(3)4)13-43(27)28(48)10-40-19(5)47;21-11-5-7-15-17(9-11)25-18-10-12(22)6-8-16(18)19(15)13-3-1-2-4-14(13)20(23)24/h17-18,20-27H,6-16H2,1-5H3,(H2,35,49)(H,40,47)(H4,36,37,41)(H4,38,39,42);1-10,21H,(H,23,24)/t20-,21-,22-,23-,24+,25+,26+,27+;/m1./s1. The van der Waals surface area contributed by atoms with Crippen LogP contribution in [0.4, 0.5) is 0 Å². The number of carboxylic acid groups (broad SMARTS) is 1. The molecule has 2 aromatic rings. The number of aromatic carboxylic acids is 1. The Kier molecular flexibility index (Phi) is 18.5. The number of rotatable bonds is 16. The fraction of sp³-hybridized carbons (Fsp3) is 0.481. The van der Waals surface area contributed by atoms with E-state index in [4.69, 9.17) is 42.6 Å². The third-order valence-corrected chi connectivity index (χ3v) is 14.0. The van der Waals surface area contributed by atoms with Gasteiger partial charge in [0.1, 0.15) is 41.3 Å². The SMILES string of the molecule is CC(=O)NCC(=O)N1C[C@H](OCC(C)C)C[C@H]1C(=O)N1C[C@H](N=C(N)N)C[C@H]1C(=O)N1C[C@H](N=C(N)N)C[C@H]1C(=O)N1C[C@H](OCC(C)C)C[C@H]1C(N)=O.O=C(O)c1ccccc1-c1c2ccc(=O)cc-2oc2cc(O)ccc12. The largest absolute Gasteiger partial charge is 0.508 e. The van der Waals surface area contributed by atoms with E-state index in [1.165, 1.54) is 56.9 Å². The Hall–Kier alpha value is -8.32. The Morgan fingerprint density at radius 3 is 1.71 bits per heavy atom. The molecule has 424 valence electrons. The quantitative estimate of drug-likeness (QED) is 0.0426. The van der Waals surface area contributed by atoms with Gasteiger partial charge in [-0.25, -0.2) is 14.8 Å². The molecule has 1 aliphatic carbocycles. The van der Waals surface area contributed by atoms with Crippen molar-refractivity contribution in [2.75, 3.05) is 45.9 Å². The monoisotopic (exact) mass is 1090 g/mol. The molecule has 6 amide bonds. The number of guanidine groups is 2. The van der Waals surface area contributed by atoms with Gasteiger partial charge in [-0.15, -0.1) is 0 Å². The summed E-state index contributed by atoms with van der Waals surface area (Å²) in [6.45, 7) is 9.78. The third kappa shape index (κ3) is 13.9. The van der Waals surface area contributed by atoms with Crippen molar-refractivity contribution >= 4 is 64.3 Å². The Morgan fingerprint density at radius 1 is 0.671 bits per heavy atom. The maximum absolute atomic E-state index is 14.7. The van der Waals surface area contributed by atoms with E-state index >= 15 is 0 Å². The summed E-state index contributed by atoms with van der Waals surface area (Å²) in [4.78, 5) is 118. The number of phenolic OH excluding ortho intramolecular Hbond substituents is 1. The van der Waals surface area contributed by atoms with Crippen molar-refractivity contribution in [3.05, 3.63) is 76.5 Å². The molecule has 2 aromatic carbocycles. The second-order valence-electron chi connectivity index (χ2n) is 21.1. The van der Waals surface area contributed by atoms with Crippen molar-refractivity contribution in [2.24, 2.45) is 50.5 Å². The van der Waals surface area contributed by atoms with Gasteiger partial charge in [-0.3, -0.25) is 33.6 Å². The van der Waals surface area contributed by atoms with Gasteiger partial charge >= 0.3 is 5.97 Å². The molecule has 0 aromatic heterocycles. The minimum absolute atomic E-state index is 0.0193. The molecule has 13 N–H and O–H groups in total. The van der Waals surface area contributed by atoms with Gasteiger partial charge in [0.2, 0.25) is 35.4 Å². The molecular weight excluding hydrogens is 1020 g/mol. The predicted molar refractivity (Wildman–Crippen MR) is 290 cm³/mol. The first-order chi connectivity index (χ1) is 37.4. The summed E-state index contributed by atoms with van der Waals surface area (Å²) in [5, 5.41) is 22.4. The number of amides is 6. The number of nitrogens with one attached hydrogen (secondary N) is 1. The maximum atomic E-state index is 14.7. The van der Waals surface area contributed by atoms with E-state index in [9.17, 15) is 48.6 Å². The summed E-state index contributed by atoms with van der Waals surface area (Å²) >= 11 is 0. The van der Waals surface area contributed by atoms with Crippen LogP contribution in [0.25, 0.3) is 33.4 Å². The van der Waals surface area contributed by atoms with Crippen molar-refractivity contribution in [2.45, 2.75) is 109 Å². The van der Waals surface area contributed by atoms with Crippen molar-refractivity contribution in [3.8, 4) is 28.2 Å². The molecule has 5 aliphatic heterocycles. The fourth-order valence-electron chi connectivity index (χ4n) is 10.6. The van der Waals surface area contributed by atoms with Gasteiger partial charge in [-0.1, -0.05) is 45.9 Å². The molecule has 0 unspecified atom stereocenters. The summed E-state index contributed by atoms with van der Waals surface area (Å²) in [6.07, 6.45) is -0.484. The number of ether oxygens (including phenoxy) is 2. The second kappa shape index (κ2) is 25.0. The number of fused-ring (bicyclic) bond motifs is 2. The number of carbonyl (C=O) groups excluding carboxylic acids is 6. The summed E-state index contributed by atoms with van der Waals surface area (Å²) in [5.41, 5.74) is 30.7. The van der Waals surface area contributed by atoms with Crippen molar-refractivity contribution in [1.82, 2.24) is 24.9 Å². The number of aliphatic imine (C=N–C) groups is 2. The Labute approximate surface area is 455 Å². The van der Waals surface area contributed by atoms with Crippen LogP contribution in [-0.4, -0.2) is 178 Å². The van der Waals surface area contributed by atoms with Crippen LogP contribution < -0.4 is 39.4 Å². The topological polar surface area (TPSA) is 388 Å². The Balaban J connectivity index is 0.000000297. The molecule has 0 bridgehead atoms. The van der Waals surface area contributed by atoms with Crippen LogP contribution in [-0.2, 0) is 38.2 Å². The Bertz CT molecular complexity index is 3050. The van der Waals surface area contributed by atoms with E-state index in [1.807, 2.05) is 27.7 Å². The normalized spacial score (nSPS) is 22.7. The van der Waals surface area contributed by atoms with E-state index in [1.54, 1.807) is 30.3 Å². The lowest BCUT2D eigenvalue weighted by atomic mass is 9.91. The number of carboxylic acids is 1. The van der Waals surface area contributed by atoms with Crippen molar-refractivity contribution in [1.29, 1.82) is 0 Å². The zero-order chi connectivity index (χ0) is 57.6. The van der Waals surface area contributed by atoms with Gasteiger partial charge in [-0.05, 0) is 47.7 Å². The zero-order valence-corrected chi connectivity index (χ0v) is 44.8. The number of benzene rings is 3. The van der Waals surface area contributed by atoms with Gasteiger partial charge in [0, 0.05) is 101 Å². The van der Waals surface area contributed by atoms with Crippen LogP contribution in [0.5, 0.6) is 5.75 Å². The minimum atomic E-state index is -1.14. The smallest absolute Gasteiger partial charge is 0.336 e. The molecule has 5 heterocycles. The highest BCUT2D eigenvalue weighted by Gasteiger charge is 2.52. The first-order valence-corrected chi connectivity index (χ1v) is 26.1. The highest BCUT2D eigenvalue weighted by molar-refractivity contribution is 6.07. The van der Waals surface area contributed by atoms with Gasteiger partial charge in [0.25, 0.3) is 0 Å². The van der Waals surface area contributed by atoms with Crippen molar-refractivity contribution < 1.29 is 57.7 Å². The summed E-state index contributed by atoms with van der Waals surface area (Å²) in [6, 6.07) is 10.1. The molecule has 4 saturated heterocycles. The first-order valence-electron chi connectivity index (χ1n) is 26.1. The Morgan fingerprint density at radius 2 is 1.19 bits per heavy atom. The number of phenols is 1. The van der Waals surface area contributed by atoms with Gasteiger partial charge in [-0.2, -0.15) is 0 Å². The lowest BCUT2D eigenvalue weighted by molar-refractivity contribution is -0.152. The first kappa shape index (κ1) is 58.4. The molecular formula is C54H70N12O13. The van der Waals surface area contributed by atoms with E-state index in [0.717, 1.165) is 0 Å². The number of carbonyl (C=O) groups is 7. The van der Waals surface area contributed by atoms with E-state index in [2.05, 4.69) is 15.3 Å². The molecule has 8 rings (SSSR count). The zero-order valence-electron chi connectivity index (χ0n) is 44.8. The van der Waals surface area contributed by atoms with Crippen molar-refractivity contribution in [3.63, 3.8) is 0 Å². The summed E-state index contributed by atoms with van der Waals surface area (Å²) in [7, 11) is 0.